The number of nitrogens with zero attached hydrogens (tertiary/aromatic N) is 1. The monoisotopic (exact) mass is 186 g/mol. The van der Waals surface area contributed by atoms with E-state index in [4.69, 9.17) is 9.52 Å². The van der Waals surface area contributed by atoms with Gasteiger partial charge in [0.1, 0.15) is 5.52 Å². The largest absolute Gasteiger partial charge is 1.00 e. The third-order valence-electron chi connectivity index (χ3n) is 1.48. The summed E-state index contributed by atoms with van der Waals surface area (Å²) >= 11 is 0. The van der Waals surface area contributed by atoms with Gasteiger partial charge in [-0.25, -0.2) is 9.78 Å². The first-order chi connectivity index (χ1) is 5.77. The number of fused-ring (bicyclic) bond motifs is 1. The van der Waals surface area contributed by atoms with E-state index in [0.29, 0.717) is 11.1 Å². The minimum Gasteiger partial charge on any atom is -0.474 e. The Labute approximate surface area is 95.9 Å². The van der Waals surface area contributed by atoms with E-state index >= 15 is 0 Å². The first-order valence-corrected chi connectivity index (χ1v) is 3.36. The summed E-state index contributed by atoms with van der Waals surface area (Å²) in [5, 5.41) is 8.53. The van der Waals surface area contributed by atoms with Crippen LogP contribution < -0.4 is 29.6 Å². The summed E-state index contributed by atoms with van der Waals surface area (Å²) in [6.07, 6.45) is 0. The van der Waals surface area contributed by atoms with Crippen molar-refractivity contribution in [2.24, 2.45) is 0 Å². The van der Waals surface area contributed by atoms with Crippen molar-refractivity contribution < 1.29 is 43.9 Å². The van der Waals surface area contributed by atoms with Crippen LogP contribution in [0.5, 0.6) is 0 Å². The maximum atomic E-state index is 10.4. The minimum atomic E-state index is -1.15. The Bertz CT molecular complexity index is 405. The molecule has 13 heavy (non-hydrogen) atoms. The maximum absolute atomic E-state index is 10.4. The Hall–Kier alpha value is -0.840. The van der Waals surface area contributed by atoms with Gasteiger partial charge in [0.2, 0.25) is 0 Å². The Kier molecular flexibility index (Phi) is 3.08. The van der Waals surface area contributed by atoms with Crippen molar-refractivity contribution >= 4 is 17.1 Å². The van der Waals surface area contributed by atoms with Crippen molar-refractivity contribution in [3.63, 3.8) is 0 Å². The van der Waals surface area contributed by atoms with Crippen LogP contribution >= 0.6 is 0 Å². The van der Waals surface area contributed by atoms with Gasteiger partial charge in [-0.05, 0) is 12.1 Å². The molecule has 0 unspecified atom stereocenters. The third-order valence-corrected chi connectivity index (χ3v) is 1.48. The number of carboxylic acids is 1. The molecule has 5 heteroatoms. The summed E-state index contributed by atoms with van der Waals surface area (Å²) in [5.41, 5.74) is 1.06. The molecule has 0 saturated heterocycles. The van der Waals surface area contributed by atoms with Crippen LogP contribution in [0.25, 0.3) is 11.1 Å². The number of aromatic carboxylic acids is 1. The maximum Gasteiger partial charge on any atom is 1.00 e. The second kappa shape index (κ2) is 3.91. The summed E-state index contributed by atoms with van der Waals surface area (Å²) in [4.78, 5) is 14.2. The predicted molar refractivity (Wildman–Crippen MR) is 41.0 cm³/mol. The molecule has 0 spiro atoms. The molecule has 2 aromatic rings. The number of carboxylic acid groups (broad SMARTS) is 1. The minimum absolute atomic E-state index is 0. The zero-order chi connectivity index (χ0) is 8.55. The van der Waals surface area contributed by atoms with Gasteiger partial charge in [0, 0.05) is 0 Å². The number of para-hydroxylation sites is 2. The SMILES string of the molecule is O=C(O)c1nc2ccccc2o1.[Na+]. The van der Waals surface area contributed by atoms with Crippen LogP contribution in [0.3, 0.4) is 0 Å². The molecule has 0 saturated carbocycles. The average molecular weight is 186 g/mol. The van der Waals surface area contributed by atoms with Crippen molar-refractivity contribution in [2.75, 3.05) is 0 Å². The van der Waals surface area contributed by atoms with Gasteiger partial charge in [-0.3, -0.25) is 0 Å². The van der Waals surface area contributed by atoms with E-state index in [-0.39, 0.29) is 35.4 Å². The van der Waals surface area contributed by atoms with E-state index in [1.165, 1.54) is 0 Å². The van der Waals surface area contributed by atoms with Crippen molar-refractivity contribution in [1.29, 1.82) is 0 Å². The molecule has 0 atom stereocenters. The molecule has 2 rings (SSSR count). The second-order valence-electron chi connectivity index (χ2n) is 2.29. The van der Waals surface area contributed by atoms with Crippen LogP contribution in [0.1, 0.15) is 10.7 Å². The fraction of sp³-hybridized carbons (Fsp3) is 0. The topological polar surface area (TPSA) is 63.3 Å². The first-order valence-electron chi connectivity index (χ1n) is 3.36. The van der Waals surface area contributed by atoms with Crippen LogP contribution in [0, 0.1) is 0 Å². The van der Waals surface area contributed by atoms with E-state index < -0.39 is 5.97 Å². The molecule has 4 nitrogen and oxygen atoms in total. The number of carbonyl (C=O) groups is 1. The molecular weight excluding hydrogens is 181 g/mol. The molecule has 0 radical (unpaired) electrons. The van der Waals surface area contributed by atoms with Gasteiger partial charge in [-0.15, -0.1) is 0 Å². The van der Waals surface area contributed by atoms with Crippen LogP contribution in [0.15, 0.2) is 28.7 Å². The molecule has 0 aliphatic carbocycles. The molecule has 0 aliphatic rings. The number of benzene rings is 1. The molecule has 1 N–H and O–H groups in total. The van der Waals surface area contributed by atoms with Crippen molar-refractivity contribution in [3.05, 3.63) is 30.2 Å². The number of hydrogen-bond donors (Lipinski definition) is 1. The molecule has 0 bridgehead atoms. The van der Waals surface area contributed by atoms with Crippen LogP contribution in [0.2, 0.25) is 0 Å². The van der Waals surface area contributed by atoms with Gasteiger partial charge in [0.25, 0.3) is 0 Å². The summed E-state index contributed by atoms with van der Waals surface area (Å²) in [6.45, 7) is 0. The van der Waals surface area contributed by atoms with Crippen molar-refractivity contribution in [2.45, 2.75) is 0 Å². The van der Waals surface area contributed by atoms with Crippen molar-refractivity contribution in [1.82, 2.24) is 4.98 Å². The molecular formula is C8H5NNaO3+. The molecule has 1 aromatic carbocycles. The molecule has 0 fully saturated rings. The smallest absolute Gasteiger partial charge is 0.474 e. The van der Waals surface area contributed by atoms with Crippen LogP contribution in [0.4, 0.5) is 0 Å². The molecule has 60 valence electrons. The normalized spacial score (nSPS) is 9.54. The van der Waals surface area contributed by atoms with Gasteiger partial charge in [-0.1, -0.05) is 12.1 Å². The van der Waals surface area contributed by atoms with Gasteiger partial charge in [-0.2, -0.15) is 0 Å². The first kappa shape index (κ1) is 10.2. The molecule has 1 heterocycles. The fourth-order valence-electron chi connectivity index (χ4n) is 0.964. The average Bonchev–Trinajstić information content (AvgIpc) is 2.46. The quantitative estimate of drug-likeness (QED) is 0.552. The zero-order valence-electron chi connectivity index (χ0n) is 7.02. The zero-order valence-corrected chi connectivity index (χ0v) is 9.02. The van der Waals surface area contributed by atoms with Gasteiger partial charge >= 0.3 is 41.4 Å². The Morgan fingerprint density at radius 2 is 2.08 bits per heavy atom. The summed E-state index contributed by atoms with van der Waals surface area (Å²) < 4.78 is 4.92. The Morgan fingerprint density at radius 1 is 1.38 bits per heavy atom. The Morgan fingerprint density at radius 3 is 2.69 bits per heavy atom. The number of rotatable bonds is 1. The second-order valence-corrected chi connectivity index (χ2v) is 2.29. The number of aromatic nitrogens is 1. The fourth-order valence-corrected chi connectivity index (χ4v) is 0.964. The number of oxazole rings is 1. The van der Waals surface area contributed by atoms with Gasteiger partial charge in [0.05, 0.1) is 0 Å². The summed E-state index contributed by atoms with van der Waals surface area (Å²) in [5.74, 6) is -1.41. The van der Waals surface area contributed by atoms with Gasteiger partial charge < -0.3 is 9.52 Å². The molecule has 0 amide bonds. The standard InChI is InChI=1S/C8H5NO3.Na/c10-8(11)7-9-5-3-1-2-4-6(5)12-7;/h1-4H,(H,10,11);/q;+1. The van der Waals surface area contributed by atoms with Gasteiger partial charge in [0.15, 0.2) is 5.58 Å². The van der Waals surface area contributed by atoms with Crippen molar-refractivity contribution in [3.8, 4) is 0 Å². The van der Waals surface area contributed by atoms with E-state index in [1.807, 2.05) is 0 Å². The van der Waals surface area contributed by atoms with E-state index in [9.17, 15) is 4.79 Å². The summed E-state index contributed by atoms with van der Waals surface area (Å²) in [6, 6.07) is 6.91. The predicted octanol–water partition coefficient (Wildman–Crippen LogP) is -1.47. The Balaban J connectivity index is 0.000000845. The van der Waals surface area contributed by atoms with E-state index in [2.05, 4.69) is 4.98 Å². The van der Waals surface area contributed by atoms with E-state index in [0.717, 1.165) is 0 Å². The van der Waals surface area contributed by atoms with Crippen LogP contribution in [-0.4, -0.2) is 16.1 Å². The number of hydrogen-bond acceptors (Lipinski definition) is 3. The van der Waals surface area contributed by atoms with Crippen LogP contribution in [-0.2, 0) is 0 Å². The molecule has 1 aromatic heterocycles. The van der Waals surface area contributed by atoms with E-state index in [1.54, 1.807) is 24.3 Å². The third kappa shape index (κ3) is 1.91. The molecule has 0 aliphatic heterocycles. The summed E-state index contributed by atoms with van der Waals surface area (Å²) in [7, 11) is 0.